The lowest BCUT2D eigenvalue weighted by Gasteiger charge is -2.42. The molecule has 1 aliphatic heterocycles. The van der Waals surface area contributed by atoms with Gasteiger partial charge >= 0.3 is 5.97 Å². The van der Waals surface area contributed by atoms with Crippen molar-refractivity contribution in [2.45, 2.75) is 64.3 Å². The summed E-state index contributed by atoms with van der Waals surface area (Å²) < 4.78 is 0. The van der Waals surface area contributed by atoms with E-state index in [1.165, 1.54) is 0 Å². The van der Waals surface area contributed by atoms with Crippen LogP contribution in [0.25, 0.3) is 0 Å². The number of rotatable bonds is 3. The summed E-state index contributed by atoms with van der Waals surface area (Å²) in [5, 5.41) is 9.37. The normalized spacial score (nSPS) is 27.2. The number of carboxylic acid groups (broad SMARTS) is 1. The Hall–Kier alpha value is -1.06. The van der Waals surface area contributed by atoms with E-state index >= 15 is 0 Å². The third-order valence-electron chi connectivity index (χ3n) is 4.64. The molecule has 1 unspecified atom stereocenters. The van der Waals surface area contributed by atoms with Gasteiger partial charge in [-0.2, -0.15) is 0 Å². The molecule has 4 nitrogen and oxygen atoms in total. The Balaban J connectivity index is 2.17. The summed E-state index contributed by atoms with van der Waals surface area (Å²) in [5.41, 5.74) is -1.09. The zero-order valence-electron chi connectivity index (χ0n) is 11.2. The first-order valence-electron chi connectivity index (χ1n) is 7.16. The Labute approximate surface area is 108 Å². The number of nitrogens with zero attached hydrogens (tertiary/aromatic N) is 1. The molecule has 0 aromatic heterocycles. The number of amides is 1. The summed E-state index contributed by atoms with van der Waals surface area (Å²) >= 11 is 0. The van der Waals surface area contributed by atoms with Crippen LogP contribution in [0.1, 0.15) is 58.3 Å². The minimum absolute atomic E-state index is 0.116. The summed E-state index contributed by atoms with van der Waals surface area (Å²) in [7, 11) is 0. The van der Waals surface area contributed by atoms with Gasteiger partial charge in [-0.1, -0.05) is 26.2 Å². The molecule has 2 fully saturated rings. The molecule has 0 aromatic rings. The molecule has 1 saturated heterocycles. The van der Waals surface area contributed by atoms with Crippen LogP contribution in [0, 0.1) is 5.41 Å². The van der Waals surface area contributed by atoms with Crippen molar-refractivity contribution in [1.82, 2.24) is 4.90 Å². The van der Waals surface area contributed by atoms with Gasteiger partial charge in [0.2, 0.25) is 5.91 Å². The van der Waals surface area contributed by atoms with Gasteiger partial charge in [-0.15, -0.1) is 0 Å². The predicted molar refractivity (Wildman–Crippen MR) is 68.2 cm³/mol. The fourth-order valence-corrected chi connectivity index (χ4v) is 3.19. The van der Waals surface area contributed by atoms with Crippen LogP contribution in [0.3, 0.4) is 0 Å². The van der Waals surface area contributed by atoms with Crippen molar-refractivity contribution < 1.29 is 14.7 Å². The number of hydrogen-bond donors (Lipinski definition) is 1. The Morgan fingerprint density at radius 2 is 1.94 bits per heavy atom. The van der Waals surface area contributed by atoms with E-state index in [0.29, 0.717) is 12.8 Å². The van der Waals surface area contributed by atoms with Crippen molar-refractivity contribution in [3.8, 4) is 0 Å². The van der Waals surface area contributed by atoms with E-state index in [1.807, 2.05) is 4.90 Å². The van der Waals surface area contributed by atoms with Crippen LogP contribution in [-0.4, -0.2) is 34.5 Å². The molecular formula is C14H23NO3. The lowest BCUT2D eigenvalue weighted by molar-refractivity contribution is -0.168. The number of carbonyl (C=O) groups is 2. The molecular weight excluding hydrogens is 230 g/mol. The van der Waals surface area contributed by atoms with Crippen molar-refractivity contribution in [2.24, 2.45) is 5.41 Å². The van der Waals surface area contributed by atoms with E-state index in [1.54, 1.807) is 0 Å². The molecule has 18 heavy (non-hydrogen) atoms. The zero-order chi connectivity index (χ0) is 13.2. The van der Waals surface area contributed by atoms with Crippen LogP contribution >= 0.6 is 0 Å². The molecule has 1 heterocycles. The first-order chi connectivity index (χ1) is 8.62. The number of carboxylic acids is 1. The number of hydrogen-bond acceptors (Lipinski definition) is 2. The summed E-state index contributed by atoms with van der Waals surface area (Å²) in [6, 6.07) is 0.247. The monoisotopic (exact) mass is 253 g/mol. The summed E-state index contributed by atoms with van der Waals surface area (Å²) in [5.74, 6) is -1.03. The Kier molecular flexibility index (Phi) is 3.93. The summed E-state index contributed by atoms with van der Waals surface area (Å²) in [6.45, 7) is 2.83. The average Bonchev–Trinajstić information content (AvgIpc) is 2.51. The third-order valence-corrected chi connectivity index (χ3v) is 4.64. The van der Waals surface area contributed by atoms with Gasteiger partial charge in [-0.05, 0) is 32.1 Å². The van der Waals surface area contributed by atoms with E-state index in [4.69, 9.17) is 0 Å². The second-order valence-electron chi connectivity index (χ2n) is 5.65. The SMILES string of the molecule is CCC1CCCCCN1C(=O)C1(C(=O)O)CCC1. The Morgan fingerprint density at radius 3 is 2.44 bits per heavy atom. The smallest absolute Gasteiger partial charge is 0.319 e. The second kappa shape index (κ2) is 5.29. The maximum absolute atomic E-state index is 12.6. The Bertz CT molecular complexity index is 336. The van der Waals surface area contributed by atoms with Crippen molar-refractivity contribution in [3.63, 3.8) is 0 Å². The quantitative estimate of drug-likeness (QED) is 0.786. The molecule has 0 bridgehead atoms. The Morgan fingerprint density at radius 1 is 1.22 bits per heavy atom. The molecule has 2 aliphatic rings. The highest BCUT2D eigenvalue weighted by Crippen LogP contribution is 2.43. The standard InChI is InChI=1S/C14H23NO3/c1-2-11-7-4-3-5-10-15(11)12(16)14(13(17)18)8-6-9-14/h11H,2-10H2,1H3,(H,17,18). The van der Waals surface area contributed by atoms with Crippen LogP contribution in [0.15, 0.2) is 0 Å². The van der Waals surface area contributed by atoms with Gasteiger partial charge in [0.05, 0.1) is 0 Å². The van der Waals surface area contributed by atoms with Crippen molar-refractivity contribution >= 4 is 11.9 Å². The van der Waals surface area contributed by atoms with E-state index < -0.39 is 11.4 Å². The maximum Gasteiger partial charge on any atom is 0.319 e. The molecule has 0 spiro atoms. The van der Waals surface area contributed by atoms with Gasteiger partial charge in [0.1, 0.15) is 5.41 Å². The van der Waals surface area contributed by atoms with E-state index in [9.17, 15) is 14.7 Å². The van der Waals surface area contributed by atoms with Crippen LogP contribution < -0.4 is 0 Å². The van der Waals surface area contributed by atoms with Gasteiger partial charge in [-0.25, -0.2) is 0 Å². The van der Waals surface area contributed by atoms with Crippen molar-refractivity contribution in [2.75, 3.05) is 6.54 Å². The van der Waals surface area contributed by atoms with Gasteiger partial charge < -0.3 is 10.0 Å². The van der Waals surface area contributed by atoms with E-state index in [0.717, 1.165) is 45.1 Å². The minimum atomic E-state index is -1.09. The number of aliphatic carboxylic acids is 1. The molecule has 1 aliphatic carbocycles. The van der Waals surface area contributed by atoms with Crippen molar-refractivity contribution in [3.05, 3.63) is 0 Å². The second-order valence-corrected chi connectivity index (χ2v) is 5.65. The number of carbonyl (C=O) groups excluding carboxylic acids is 1. The molecule has 0 radical (unpaired) electrons. The van der Waals surface area contributed by atoms with Gasteiger partial charge in [0.25, 0.3) is 0 Å². The molecule has 102 valence electrons. The van der Waals surface area contributed by atoms with Crippen LogP contribution in [-0.2, 0) is 9.59 Å². The molecule has 4 heteroatoms. The molecule has 1 N–H and O–H groups in total. The van der Waals surface area contributed by atoms with Crippen LogP contribution in [0.2, 0.25) is 0 Å². The topological polar surface area (TPSA) is 57.6 Å². The van der Waals surface area contributed by atoms with Gasteiger partial charge in [0.15, 0.2) is 0 Å². The fourth-order valence-electron chi connectivity index (χ4n) is 3.19. The highest BCUT2D eigenvalue weighted by atomic mass is 16.4. The molecule has 0 aromatic carbocycles. The van der Waals surface area contributed by atoms with Crippen LogP contribution in [0.5, 0.6) is 0 Å². The molecule has 1 saturated carbocycles. The summed E-state index contributed by atoms with van der Waals surface area (Å²) in [6.07, 6.45) is 7.19. The third kappa shape index (κ3) is 2.13. The largest absolute Gasteiger partial charge is 0.480 e. The number of likely N-dealkylation sites (tertiary alicyclic amines) is 1. The minimum Gasteiger partial charge on any atom is -0.480 e. The first kappa shape index (κ1) is 13.4. The van der Waals surface area contributed by atoms with E-state index in [2.05, 4.69) is 6.92 Å². The maximum atomic E-state index is 12.6. The predicted octanol–water partition coefficient (Wildman–Crippen LogP) is 2.42. The molecule has 2 rings (SSSR count). The van der Waals surface area contributed by atoms with Crippen molar-refractivity contribution in [1.29, 1.82) is 0 Å². The molecule has 1 amide bonds. The fraction of sp³-hybridized carbons (Fsp3) is 0.857. The first-order valence-corrected chi connectivity index (χ1v) is 7.16. The van der Waals surface area contributed by atoms with Crippen LogP contribution in [0.4, 0.5) is 0 Å². The highest BCUT2D eigenvalue weighted by molar-refractivity contribution is 6.03. The van der Waals surface area contributed by atoms with Gasteiger partial charge in [0, 0.05) is 12.6 Å². The van der Waals surface area contributed by atoms with E-state index in [-0.39, 0.29) is 11.9 Å². The lowest BCUT2D eigenvalue weighted by Crippen LogP contribution is -2.55. The highest BCUT2D eigenvalue weighted by Gasteiger charge is 2.53. The summed E-state index contributed by atoms with van der Waals surface area (Å²) in [4.78, 5) is 25.9. The zero-order valence-corrected chi connectivity index (χ0v) is 11.2. The lowest BCUT2D eigenvalue weighted by atomic mass is 9.67. The van der Waals surface area contributed by atoms with Gasteiger partial charge in [-0.3, -0.25) is 9.59 Å². The average molecular weight is 253 g/mol. The molecule has 1 atom stereocenters.